The summed E-state index contributed by atoms with van der Waals surface area (Å²) in [6, 6.07) is 0. The number of hydrogen-bond acceptors (Lipinski definition) is 7. The molecule has 2 saturated heterocycles. The molecule has 8 heteroatoms. The second kappa shape index (κ2) is 7.76. The van der Waals surface area contributed by atoms with Gasteiger partial charge in [0.1, 0.15) is 11.4 Å². The average Bonchev–Trinajstić information content (AvgIpc) is 2.98. The van der Waals surface area contributed by atoms with Gasteiger partial charge in [-0.05, 0) is 32.4 Å². The Kier molecular flexibility index (Phi) is 5.68. The van der Waals surface area contributed by atoms with Gasteiger partial charge < -0.3 is 19.9 Å². The quantitative estimate of drug-likeness (QED) is 0.868. The van der Waals surface area contributed by atoms with E-state index in [1.54, 1.807) is 7.11 Å². The highest BCUT2D eigenvalue weighted by atomic mass is 32.1. The molecule has 0 spiro atoms. The number of aromatic nitrogens is 2. The monoisotopic (exact) mass is 353 g/mol. The van der Waals surface area contributed by atoms with E-state index in [4.69, 9.17) is 4.74 Å². The molecular weight excluding hydrogens is 326 g/mol. The third-order valence-corrected chi connectivity index (χ3v) is 5.83. The third-order valence-electron chi connectivity index (χ3n) is 5.02. The van der Waals surface area contributed by atoms with Crippen LogP contribution in [-0.2, 0) is 16.0 Å². The molecule has 0 radical (unpaired) electrons. The summed E-state index contributed by atoms with van der Waals surface area (Å²) in [5, 5.41) is 4.28. The van der Waals surface area contributed by atoms with Crippen LogP contribution in [0.5, 0.6) is 0 Å². The van der Waals surface area contributed by atoms with E-state index in [1.807, 2.05) is 4.90 Å². The van der Waals surface area contributed by atoms with E-state index in [9.17, 15) is 4.79 Å². The molecular formula is C16H27N5O2S. The predicted octanol–water partition coefficient (Wildman–Crippen LogP) is 0.908. The Labute approximate surface area is 147 Å². The summed E-state index contributed by atoms with van der Waals surface area (Å²) >= 11 is 1.46. The summed E-state index contributed by atoms with van der Waals surface area (Å²) < 4.78 is 10.1. The summed E-state index contributed by atoms with van der Waals surface area (Å²) in [7, 11) is 1.67. The lowest BCUT2D eigenvalue weighted by molar-refractivity contribution is -0.158. The maximum atomic E-state index is 13.1. The first kappa shape index (κ1) is 17.6. The van der Waals surface area contributed by atoms with E-state index in [0.717, 1.165) is 75.9 Å². The molecule has 1 aromatic heterocycles. The van der Waals surface area contributed by atoms with Crippen molar-refractivity contribution in [3.63, 3.8) is 0 Å². The molecule has 0 unspecified atom stereocenters. The summed E-state index contributed by atoms with van der Waals surface area (Å²) in [6.07, 6.45) is 3.31. The molecule has 1 amide bonds. The van der Waals surface area contributed by atoms with Crippen LogP contribution >= 0.6 is 11.5 Å². The van der Waals surface area contributed by atoms with Crippen LogP contribution in [0.4, 0.5) is 5.13 Å². The number of hydrogen-bond donors (Lipinski definition) is 1. The molecule has 0 atom stereocenters. The number of carbonyl (C=O) groups excluding carboxylic acids is 1. The molecule has 1 aromatic rings. The molecule has 0 aromatic carbocycles. The Hall–Kier alpha value is -1.25. The fraction of sp³-hybridized carbons (Fsp3) is 0.812. The first-order valence-corrected chi connectivity index (χ1v) is 9.58. The molecule has 3 heterocycles. The van der Waals surface area contributed by atoms with Crippen LogP contribution in [-0.4, -0.2) is 72.1 Å². The molecule has 24 heavy (non-hydrogen) atoms. The molecule has 134 valence electrons. The van der Waals surface area contributed by atoms with Crippen molar-refractivity contribution in [1.29, 1.82) is 0 Å². The highest BCUT2D eigenvalue weighted by Gasteiger charge is 2.42. The molecule has 1 N–H and O–H groups in total. The summed E-state index contributed by atoms with van der Waals surface area (Å²) in [6.45, 7) is 6.98. The van der Waals surface area contributed by atoms with E-state index < -0.39 is 5.60 Å². The van der Waals surface area contributed by atoms with Gasteiger partial charge in [-0.2, -0.15) is 4.37 Å². The van der Waals surface area contributed by atoms with Gasteiger partial charge in [-0.1, -0.05) is 6.92 Å². The summed E-state index contributed by atoms with van der Waals surface area (Å²) in [5.74, 6) is 1.06. The Balaban J connectivity index is 1.65. The Morgan fingerprint density at radius 2 is 2.08 bits per heavy atom. The number of anilines is 1. The Morgan fingerprint density at radius 3 is 2.75 bits per heavy atom. The third kappa shape index (κ3) is 3.55. The van der Waals surface area contributed by atoms with Crippen LogP contribution in [0.15, 0.2) is 0 Å². The van der Waals surface area contributed by atoms with Gasteiger partial charge in [0.2, 0.25) is 5.13 Å². The molecule has 2 fully saturated rings. The molecule has 2 aliphatic rings. The number of nitrogens with one attached hydrogen (secondary N) is 1. The van der Waals surface area contributed by atoms with Crippen molar-refractivity contribution < 1.29 is 9.53 Å². The van der Waals surface area contributed by atoms with Gasteiger partial charge in [0.25, 0.3) is 5.91 Å². The van der Waals surface area contributed by atoms with Gasteiger partial charge in [-0.15, -0.1) is 0 Å². The zero-order valence-corrected chi connectivity index (χ0v) is 15.4. The minimum Gasteiger partial charge on any atom is -0.368 e. The fourth-order valence-corrected chi connectivity index (χ4v) is 4.25. The van der Waals surface area contributed by atoms with Crippen molar-refractivity contribution in [2.24, 2.45) is 0 Å². The highest BCUT2D eigenvalue weighted by molar-refractivity contribution is 7.09. The molecule has 0 aliphatic carbocycles. The SMILES string of the molecule is CCc1nsc(N2CCCN(C(=O)C3(OC)CCNCC3)CC2)n1. The van der Waals surface area contributed by atoms with Crippen molar-refractivity contribution >= 4 is 22.6 Å². The largest absolute Gasteiger partial charge is 0.368 e. The number of nitrogens with zero attached hydrogens (tertiary/aromatic N) is 4. The molecule has 2 aliphatic heterocycles. The zero-order valence-electron chi connectivity index (χ0n) is 14.6. The van der Waals surface area contributed by atoms with Crippen LogP contribution in [0.1, 0.15) is 32.0 Å². The fourth-order valence-electron chi connectivity index (χ4n) is 3.45. The lowest BCUT2D eigenvalue weighted by Gasteiger charge is -2.38. The van der Waals surface area contributed by atoms with E-state index in [0.29, 0.717) is 0 Å². The lowest BCUT2D eigenvalue weighted by atomic mass is 9.90. The van der Waals surface area contributed by atoms with Gasteiger partial charge in [0, 0.05) is 51.2 Å². The highest BCUT2D eigenvalue weighted by Crippen LogP contribution is 2.26. The van der Waals surface area contributed by atoms with E-state index in [2.05, 4.69) is 26.5 Å². The van der Waals surface area contributed by atoms with Gasteiger partial charge in [0.15, 0.2) is 0 Å². The normalized spacial score (nSPS) is 21.6. The van der Waals surface area contributed by atoms with Crippen molar-refractivity contribution in [3.05, 3.63) is 5.82 Å². The number of rotatable bonds is 4. The molecule has 0 bridgehead atoms. The average molecular weight is 353 g/mol. The Morgan fingerprint density at radius 1 is 1.29 bits per heavy atom. The van der Waals surface area contributed by atoms with Crippen molar-refractivity contribution in [3.8, 4) is 0 Å². The predicted molar refractivity (Wildman–Crippen MR) is 94.5 cm³/mol. The maximum Gasteiger partial charge on any atom is 0.254 e. The van der Waals surface area contributed by atoms with Crippen LogP contribution in [0.25, 0.3) is 0 Å². The molecule has 3 rings (SSSR count). The van der Waals surface area contributed by atoms with E-state index >= 15 is 0 Å². The molecule has 0 saturated carbocycles. The standard InChI is InChI=1S/C16H27N5O2S/c1-3-13-18-15(24-19-13)21-10-4-9-20(11-12-21)14(22)16(23-2)5-7-17-8-6-16/h17H,3-12H2,1-2H3. The van der Waals surface area contributed by atoms with Gasteiger partial charge in [-0.25, -0.2) is 4.98 Å². The van der Waals surface area contributed by atoms with Gasteiger partial charge >= 0.3 is 0 Å². The number of carbonyl (C=O) groups is 1. The first-order valence-electron chi connectivity index (χ1n) is 8.81. The minimum absolute atomic E-state index is 0.153. The van der Waals surface area contributed by atoms with Crippen LogP contribution < -0.4 is 10.2 Å². The maximum absolute atomic E-state index is 13.1. The lowest BCUT2D eigenvalue weighted by Crippen LogP contribution is -2.55. The second-order valence-electron chi connectivity index (χ2n) is 6.43. The van der Waals surface area contributed by atoms with Gasteiger partial charge in [-0.3, -0.25) is 4.79 Å². The van der Waals surface area contributed by atoms with Crippen molar-refractivity contribution in [2.45, 2.75) is 38.2 Å². The number of methoxy groups -OCH3 is 1. The second-order valence-corrected chi connectivity index (χ2v) is 7.16. The van der Waals surface area contributed by atoms with Crippen molar-refractivity contribution in [2.75, 3.05) is 51.3 Å². The zero-order chi connectivity index (χ0) is 17.0. The first-order chi connectivity index (χ1) is 11.7. The van der Waals surface area contributed by atoms with Crippen molar-refractivity contribution in [1.82, 2.24) is 19.6 Å². The summed E-state index contributed by atoms with van der Waals surface area (Å²) in [5.41, 5.74) is -0.640. The van der Waals surface area contributed by atoms with Crippen LogP contribution in [0, 0.1) is 0 Å². The number of piperidine rings is 1. The smallest absolute Gasteiger partial charge is 0.254 e. The van der Waals surface area contributed by atoms with Crippen LogP contribution in [0.3, 0.4) is 0 Å². The number of amides is 1. The topological polar surface area (TPSA) is 70.6 Å². The number of aryl methyl sites for hydroxylation is 1. The van der Waals surface area contributed by atoms with E-state index in [1.165, 1.54) is 11.5 Å². The van der Waals surface area contributed by atoms with Crippen LogP contribution in [0.2, 0.25) is 0 Å². The molecule has 7 nitrogen and oxygen atoms in total. The van der Waals surface area contributed by atoms with E-state index in [-0.39, 0.29) is 5.91 Å². The Bertz CT molecular complexity index is 558. The number of ether oxygens (including phenoxy) is 1. The minimum atomic E-state index is -0.640. The van der Waals surface area contributed by atoms with Gasteiger partial charge in [0.05, 0.1) is 0 Å². The summed E-state index contributed by atoms with van der Waals surface area (Å²) in [4.78, 5) is 21.9.